The zero-order valence-corrected chi connectivity index (χ0v) is 14.0. The molecule has 1 aromatic rings. The molecule has 0 fully saturated rings. The van der Waals surface area contributed by atoms with E-state index in [0.29, 0.717) is 4.90 Å². The highest BCUT2D eigenvalue weighted by Crippen LogP contribution is 2.31. The fourth-order valence-electron chi connectivity index (χ4n) is 1.72. The van der Waals surface area contributed by atoms with Gasteiger partial charge in [-0.15, -0.1) is 11.8 Å². The Balaban J connectivity index is 2.87. The smallest absolute Gasteiger partial charge is 0.175 e. The van der Waals surface area contributed by atoms with E-state index in [2.05, 4.69) is 0 Å². The molecule has 0 spiro atoms. The van der Waals surface area contributed by atoms with Crippen LogP contribution in [0.1, 0.15) is 20.8 Å². The Hall–Kier alpha value is -0.560. The Morgan fingerprint density at radius 2 is 1.75 bits per heavy atom. The quantitative estimate of drug-likeness (QED) is 0.811. The molecule has 1 aromatic carbocycles. The van der Waals surface area contributed by atoms with Crippen molar-refractivity contribution in [3.05, 3.63) is 24.3 Å². The summed E-state index contributed by atoms with van der Waals surface area (Å²) in [6.07, 6.45) is 1.18. The first-order valence-electron chi connectivity index (χ1n) is 6.39. The van der Waals surface area contributed by atoms with Crippen molar-refractivity contribution in [2.45, 2.75) is 41.9 Å². The van der Waals surface area contributed by atoms with Gasteiger partial charge < -0.3 is 10.8 Å². The Bertz CT molecular complexity index is 533. The van der Waals surface area contributed by atoms with Crippen molar-refractivity contribution in [3.63, 3.8) is 0 Å². The molecule has 6 heteroatoms. The summed E-state index contributed by atoms with van der Waals surface area (Å²) in [4.78, 5) is 1.19. The van der Waals surface area contributed by atoms with Gasteiger partial charge in [-0.3, -0.25) is 0 Å². The number of hydrogen-bond donors (Lipinski definition) is 2. The lowest BCUT2D eigenvalue weighted by atomic mass is 9.85. The van der Waals surface area contributed by atoms with E-state index >= 15 is 0 Å². The topological polar surface area (TPSA) is 80.4 Å². The fraction of sp³-hybridized carbons (Fsp3) is 0.571. The summed E-state index contributed by atoms with van der Waals surface area (Å²) in [7, 11) is -3.18. The number of benzene rings is 1. The molecule has 0 saturated heterocycles. The number of rotatable bonds is 5. The van der Waals surface area contributed by atoms with Gasteiger partial charge >= 0.3 is 0 Å². The van der Waals surface area contributed by atoms with Crippen LogP contribution in [-0.4, -0.2) is 37.7 Å². The molecule has 0 bridgehead atoms. The van der Waals surface area contributed by atoms with Gasteiger partial charge in [0.15, 0.2) is 9.84 Å². The predicted octanol–water partition coefficient (Wildman–Crippen LogP) is 1.92. The highest BCUT2D eigenvalue weighted by Gasteiger charge is 2.29. The van der Waals surface area contributed by atoms with Crippen molar-refractivity contribution < 1.29 is 13.5 Å². The zero-order valence-electron chi connectivity index (χ0n) is 12.3. The second-order valence-corrected chi connectivity index (χ2v) is 9.30. The standard InChI is InChI=1S/C14H23NO3S2/c1-14(2,3)13(15)12(9-16)19-10-5-7-11(8-6-10)20(4,17)18/h5-8,12-13,16H,9,15H2,1-4H3. The van der Waals surface area contributed by atoms with Crippen LogP contribution in [0.2, 0.25) is 0 Å². The minimum atomic E-state index is -3.18. The molecule has 0 aliphatic rings. The maximum atomic E-state index is 11.4. The van der Waals surface area contributed by atoms with E-state index in [0.717, 1.165) is 4.90 Å². The lowest BCUT2D eigenvalue weighted by Crippen LogP contribution is -2.45. The van der Waals surface area contributed by atoms with Crippen LogP contribution in [0.25, 0.3) is 0 Å². The highest BCUT2D eigenvalue weighted by atomic mass is 32.2. The number of aliphatic hydroxyl groups is 1. The van der Waals surface area contributed by atoms with E-state index in [1.54, 1.807) is 24.3 Å². The van der Waals surface area contributed by atoms with Gasteiger partial charge in [-0.1, -0.05) is 20.8 Å². The number of nitrogens with two attached hydrogens (primary N) is 1. The maximum Gasteiger partial charge on any atom is 0.175 e. The summed E-state index contributed by atoms with van der Waals surface area (Å²) in [5.74, 6) is 0. The maximum absolute atomic E-state index is 11.4. The van der Waals surface area contributed by atoms with Gasteiger partial charge in [0.1, 0.15) is 0 Å². The third kappa shape index (κ3) is 4.77. The molecule has 114 valence electrons. The van der Waals surface area contributed by atoms with Crippen LogP contribution >= 0.6 is 11.8 Å². The molecule has 0 aliphatic carbocycles. The number of hydrogen-bond acceptors (Lipinski definition) is 5. The first-order valence-corrected chi connectivity index (χ1v) is 9.16. The Kier molecular flexibility index (Phi) is 5.66. The van der Waals surface area contributed by atoms with Crippen LogP contribution in [0.15, 0.2) is 34.1 Å². The second kappa shape index (κ2) is 6.47. The summed E-state index contributed by atoms with van der Waals surface area (Å²) < 4.78 is 22.8. The van der Waals surface area contributed by atoms with Crippen molar-refractivity contribution in [2.24, 2.45) is 11.1 Å². The summed E-state index contributed by atoms with van der Waals surface area (Å²) in [6.45, 7) is 6.09. The summed E-state index contributed by atoms with van der Waals surface area (Å²) in [6, 6.07) is 6.49. The lowest BCUT2D eigenvalue weighted by Gasteiger charge is -2.32. The van der Waals surface area contributed by atoms with Gasteiger partial charge in [-0.05, 0) is 29.7 Å². The van der Waals surface area contributed by atoms with Crippen LogP contribution < -0.4 is 5.73 Å². The van der Waals surface area contributed by atoms with Crippen LogP contribution in [0.4, 0.5) is 0 Å². The van der Waals surface area contributed by atoms with Gasteiger partial charge in [0, 0.05) is 22.4 Å². The molecular weight excluding hydrogens is 294 g/mol. The first-order chi connectivity index (χ1) is 9.05. The van der Waals surface area contributed by atoms with E-state index in [1.807, 2.05) is 20.8 Å². The van der Waals surface area contributed by atoms with E-state index in [1.165, 1.54) is 18.0 Å². The van der Waals surface area contributed by atoms with Gasteiger partial charge in [-0.25, -0.2) is 8.42 Å². The van der Waals surface area contributed by atoms with Crippen molar-refractivity contribution in [3.8, 4) is 0 Å². The van der Waals surface area contributed by atoms with E-state index in [4.69, 9.17) is 5.73 Å². The summed E-state index contributed by atoms with van der Waals surface area (Å²) in [5, 5.41) is 9.38. The zero-order chi connectivity index (χ0) is 15.6. The van der Waals surface area contributed by atoms with Crippen LogP contribution in [0.3, 0.4) is 0 Å². The predicted molar refractivity (Wildman–Crippen MR) is 83.7 cm³/mol. The van der Waals surface area contributed by atoms with Gasteiger partial charge in [0.2, 0.25) is 0 Å². The molecule has 3 N–H and O–H groups in total. The fourth-order valence-corrected chi connectivity index (χ4v) is 3.62. The molecule has 0 aromatic heterocycles. The van der Waals surface area contributed by atoms with E-state index < -0.39 is 9.84 Å². The molecule has 20 heavy (non-hydrogen) atoms. The summed E-state index contributed by atoms with van der Waals surface area (Å²) in [5.41, 5.74) is 6.07. The molecule has 2 atom stereocenters. The van der Waals surface area contributed by atoms with Crippen molar-refractivity contribution in [1.29, 1.82) is 0 Å². The second-order valence-electron chi connectivity index (χ2n) is 5.97. The normalized spacial score (nSPS) is 15.9. The van der Waals surface area contributed by atoms with Gasteiger partial charge in [-0.2, -0.15) is 0 Å². The van der Waals surface area contributed by atoms with Crippen molar-refractivity contribution in [1.82, 2.24) is 0 Å². The third-order valence-electron chi connectivity index (χ3n) is 3.12. The van der Waals surface area contributed by atoms with Crippen LogP contribution in [0, 0.1) is 5.41 Å². The molecule has 4 nitrogen and oxygen atoms in total. The number of aliphatic hydroxyl groups excluding tert-OH is 1. The molecule has 1 rings (SSSR count). The van der Waals surface area contributed by atoms with Crippen molar-refractivity contribution >= 4 is 21.6 Å². The van der Waals surface area contributed by atoms with Gasteiger partial charge in [0.05, 0.1) is 11.5 Å². The monoisotopic (exact) mass is 317 g/mol. The molecule has 0 heterocycles. The van der Waals surface area contributed by atoms with E-state index in [-0.39, 0.29) is 23.3 Å². The summed E-state index contributed by atoms with van der Waals surface area (Å²) >= 11 is 1.47. The average Bonchev–Trinajstić information content (AvgIpc) is 2.33. The SMILES string of the molecule is CC(C)(C)C(N)C(CO)Sc1ccc(S(C)(=O)=O)cc1. The lowest BCUT2D eigenvalue weighted by molar-refractivity contribution is 0.233. The molecule has 0 aliphatic heterocycles. The number of thioether (sulfide) groups is 1. The minimum Gasteiger partial charge on any atom is -0.395 e. The van der Waals surface area contributed by atoms with E-state index in [9.17, 15) is 13.5 Å². The number of sulfone groups is 1. The molecule has 0 saturated carbocycles. The first kappa shape index (κ1) is 17.5. The highest BCUT2D eigenvalue weighted by molar-refractivity contribution is 8.00. The molecular formula is C14H23NO3S2. The minimum absolute atomic E-state index is 0.0169. The van der Waals surface area contributed by atoms with Crippen molar-refractivity contribution in [2.75, 3.05) is 12.9 Å². The average molecular weight is 317 g/mol. The Labute approximate surface area is 125 Å². The largest absolute Gasteiger partial charge is 0.395 e. The Morgan fingerprint density at radius 3 is 2.10 bits per heavy atom. The molecule has 2 unspecified atom stereocenters. The third-order valence-corrected chi connectivity index (χ3v) is 5.54. The van der Waals surface area contributed by atoms with Crippen LogP contribution in [-0.2, 0) is 9.84 Å². The van der Waals surface area contributed by atoms with Gasteiger partial charge in [0.25, 0.3) is 0 Å². The van der Waals surface area contributed by atoms with Crippen LogP contribution in [0.5, 0.6) is 0 Å². The Morgan fingerprint density at radius 1 is 1.25 bits per heavy atom. The molecule has 0 radical (unpaired) electrons. The molecule has 0 amide bonds.